The van der Waals surface area contributed by atoms with Crippen molar-refractivity contribution in [2.45, 2.75) is 6.04 Å². The van der Waals surface area contributed by atoms with Gasteiger partial charge < -0.3 is 15.0 Å². The van der Waals surface area contributed by atoms with Crippen LogP contribution in [0, 0.1) is 0 Å². The van der Waals surface area contributed by atoms with E-state index in [-0.39, 0.29) is 11.9 Å². The van der Waals surface area contributed by atoms with Crippen LogP contribution in [0.1, 0.15) is 9.80 Å². The number of rotatable bonds is 2. The van der Waals surface area contributed by atoms with Crippen molar-refractivity contribution in [2.75, 3.05) is 13.2 Å². The number of ether oxygens (including phenoxy) is 1. The first-order valence-corrected chi connectivity index (χ1v) is 5.47. The zero-order valence-corrected chi connectivity index (χ0v) is 8.63. The fourth-order valence-electron chi connectivity index (χ4n) is 1.41. The first-order valence-electron chi connectivity index (χ1n) is 4.65. The Kier molecular flexibility index (Phi) is 1.96. The first-order chi connectivity index (χ1) is 7.33. The fraction of sp³-hybridized carbons (Fsp3) is 0.333. The number of hydrogen-bond acceptors (Lipinski definition) is 4. The van der Waals surface area contributed by atoms with Crippen LogP contribution in [-0.4, -0.2) is 35.1 Å². The summed E-state index contributed by atoms with van der Waals surface area (Å²) in [6.45, 7) is 1.21. The van der Waals surface area contributed by atoms with Gasteiger partial charge in [0.05, 0.1) is 19.3 Å². The lowest BCUT2D eigenvalue weighted by atomic mass is 10.2. The van der Waals surface area contributed by atoms with E-state index in [2.05, 4.69) is 15.3 Å². The van der Waals surface area contributed by atoms with Gasteiger partial charge in [-0.2, -0.15) is 0 Å². The molecule has 3 rings (SSSR count). The molecule has 2 aromatic heterocycles. The smallest absolute Gasteiger partial charge is 0.280 e. The Morgan fingerprint density at radius 2 is 2.53 bits per heavy atom. The van der Waals surface area contributed by atoms with Crippen LogP contribution in [-0.2, 0) is 4.74 Å². The molecule has 1 fully saturated rings. The summed E-state index contributed by atoms with van der Waals surface area (Å²) in [5.41, 5.74) is 0.843. The van der Waals surface area contributed by atoms with Crippen molar-refractivity contribution < 1.29 is 9.53 Å². The Balaban J connectivity index is 1.80. The van der Waals surface area contributed by atoms with Crippen molar-refractivity contribution in [1.82, 2.24) is 15.3 Å². The van der Waals surface area contributed by atoms with Gasteiger partial charge in [-0.15, -0.1) is 0 Å². The van der Waals surface area contributed by atoms with Crippen molar-refractivity contribution in [3.63, 3.8) is 0 Å². The van der Waals surface area contributed by atoms with Gasteiger partial charge in [0.2, 0.25) is 0 Å². The third-order valence-electron chi connectivity index (χ3n) is 2.28. The number of aromatic nitrogens is 2. The minimum atomic E-state index is -0.113. The Morgan fingerprint density at radius 3 is 3.20 bits per heavy atom. The normalized spacial score (nSPS) is 16.5. The van der Waals surface area contributed by atoms with Gasteiger partial charge in [0.1, 0.15) is 10.3 Å². The zero-order chi connectivity index (χ0) is 10.3. The highest BCUT2D eigenvalue weighted by molar-refractivity contribution is 7.19. The summed E-state index contributed by atoms with van der Waals surface area (Å²) < 4.78 is 4.98. The molecule has 1 amide bonds. The fourth-order valence-corrected chi connectivity index (χ4v) is 2.24. The van der Waals surface area contributed by atoms with E-state index in [1.54, 1.807) is 0 Å². The van der Waals surface area contributed by atoms with Crippen molar-refractivity contribution in [3.8, 4) is 0 Å². The molecule has 2 aromatic rings. The molecule has 6 heteroatoms. The van der Waals surface area contributed by atoms with Crippen LogP contribution in [0.4, 0.5) is 0 Å². The van der Waals surface area contributed by atoms with E-state index in [1.165, 1.54) is 11.3 Å². The topological polar surface area (TPSA) is 67.0 Å². The van der Waals surface area contributed by atoms with Crippen LogP contribution in [0.25, 0.3) is 10.3 Å². The Bertz CT molecular complexity index is 472. The molecule has 1 saturated heterocycles. The average molecular weight is 223 g/mol. The SMILES string of the molecule is O=C(NC1COC1)c1nc2cc[nH]c2s1. The number of hydrogen-bond donors (Lipinski definition) is 2. The number of amides is 1. The standard InChI is InChI=1S/C9H9N3O2S/c13-7(11-5-3-14-4-5)9-12-6-1-2-10-8(6)15-9/h1-2,5,10H,3-4H2,(H,11,13). The average Bonchev–Trinajstić information content (AvgIpc) is 2.69. The molecule has 0 aromatic carbocycles. The third kappa shape index (κ3) is 1.51. The molecule has 0 unspecified atom stereocenters. The Morgan fingerprint density at radius 1 is 1.67 bits per heavy atom. The molecular weight excluding hydrogens is 214 g/mol. The molecule has 78 valence electrons. The van der Waals surface area contributed by atoms with Crippen LogP contribution in [0.3, 0.4) is 0 Å². The van der Waals surface area contributed by atoms with Crippen LogP contribution in [0.15, 0.2) is 12.3 Å². The van der Waals surface area contributed by atoms with Crippen molar-refractivity contribution >= 4 is 27.6 Å². The molecule has 2 N–H and O–H groups in total. The molecule has 0 atom stereocenters. The molecule has 1 aliphatic heterocycles. The molecule has 0 spiro atoms. The second kappa shape index (κ2) is 3.32. The predicted molar refractivity (Wildman–Crippen MR) is 56.0 cm³/mol. The van der Waals surface area contributed by atoms with Gasteiger partial charge in [-0.05, 0) is 6.07 Å². The molecule has 3 heterocycles. The second-order valence-corrected chi connectivity index (χ2v) is 4.42. The summed E-state index contributed by atoms with van der Waals surface area (Å²) in [5.74, 6) is -0.113. The van der Waals surface area contributed by atoms with Crippen molar-refractivity contribution in [3.05, 3.63) is 17.3 Å². The van der Waals surface area contributed by atoms with E-state index in [9.17, 15) is 4.79 Å². The number of carbonyl (C=O) groups excluding carboxylic acids is 1. The number of nitrogens with zero attached hydrogens (tertiary/aromatic N) is 1. The monoisotopic (exact) mass is 223 g/mol. The van der Waals surface area contributed by atoms with Gasteiger partial charge in [-0.3, -0.25) is 4.79 Å². The zero-order valence-electron chi connectivity index (χ0n) is 7.82. The molecule has 0 saturated carbocycles. The van der Waals surface area contributed by atoms with E-state index in [0.29, 0.717) is 18.2 Å². The van der Waals surface area contributed by atoms with Gasteiger partial charge in [0, 0.05) is 6.20 Å². The Labute approximate surface area is 89.5 Å². The maximum Gasteiger partial charge on any atom is 0.280 e. The lowest BCUT2D eigenvalue weighted by Gasteiger charge is -2.26. The highest BCUT2D eigenvalue weighted by Gasteiger charge is 2.22. The summed E-state index contributed by atoms with van der Waals surface area (Å²) in [6, 6.07) is 2.01. The molecule has 0 bridgehead atoms. The maximum atomic E-state index is 11.7. The van der Waals surface area contributed by atoms with E-state index in [4.69, 9.17) is 4.74 Å². The van der Waals surface area contributed by atoms with Gasteiger partial charge in [-0.25, -0.2) is 4.98 Å². The number of H-pyrrole nitrogens is 1. The van der Waals surface area contributed by atoms with Crippen LogP contribution in [0.2, 0.25) is 0 Å². The van der Waals surface area contributed by atoms with Gasteiger partial charge in [0.25, 0.3) is 5.91 Å². The minimum Gasteiger partial charge on any atom is -0.377 e. The lowest BCUT2D eigenvalue weighted by molar-refractivity contribution is -0.00346. The number of thiazole rings is 1. The molecule has 1 aliphatic rings. The van der Waals surface area contributed by atoms with Gasteiger partial charge in [0.15, 0.2) is 5.01 Å². The Hall–Kier alpha value is -1.40. The molecule has 15 heavy (non-hydrogen) atoms. The van der Waals surface area contributed by atoms with E-state index >= 15 is 0 Å². The van der Waals surface area contributed by atoms with Crippen molar-refractivity contribution in [2.24, 2.45) is 0 Å². The second-order valence-electron chi connectivity index (χ2n) is 3.42. The molecule has 5 nitrogen and oxygen atoms in total. The minimum absolute atomic E-state index is 0.113. The number of nitrogens with one attached hydrogen (secondary N) is 2. The summed E-state index contributed by atoms with van der Waals surface area (Å²) in [6.07, 6.45) is 1.82. The third-order valence-corrected chi connectivity index (χ3v) is 3.28. The summed E-state index contributed by atoms with van der Waals surface area (Å²) in [4.78, 5) is 19.9. The van der Waals surface area contributed by atoms with Gasteiger partial charge >= 0.3 is 0 Å². The lowest BCUT2D eigenvalue weighted by Crippen LogP contribution is -2.48. The molecular formula is C9H9N3O2S. The summed E-state index contributed by atoms with van der Waals surface area (Å²) in [7, 11) is 0. The van der Waals surface area contributed by atoms with Crippen LogP contribution in [0.5, 0.6) is 0 Å². The molecule has 0 radical (unpaired) electrons. The van der Waals surface area contributed by atoms with E-state index in [0.717, 1.165) is 10.3 Å². The number of carbonyl (C=O) groups is 1. The maximum absolute atomic E-state index is 11.7. The van der Waals surface area contributed by atoms with E-state index < -0.39 is 0 Å². The van der Waals surface area contributed by atoms with E-state index in [1.807, 2.05) is 12.3 Å². The van der Waals surface area contributed by atoms with Crippen molar-refractivity contribution in [1.29, 1.82) is 0 Å². The van der Waals surface area contributed by atoms with Gasteiger partial charge in [-0.1, -0.05) is 11.3 Å². The number of aromatic amines is 1. The number of fused-ring (bicyclic) bond motifs is 1. The molecule has 0 aliphatic carbocycles. The highest BCUT2D eigenvalue weighted by Crippen LogP contribution is 2.20. The largest absolute Gasteiger partial charge is 0.377 e. The highest BCUT2D eigenvalue weighted by atomic mass is 32.1. The quantitative estimate of drug-likeness (QED) is 0.789. The summed E-state index contributed by atoms with van der Waals surface area (Å²) in [5, 5.41) is 3.36. The predicted octanol–water partition coefficient (Wildman–Crippen LogP) is 0.753. The van der Waals surface area contributed by atoms with Crippen LogP contribution >= 0.6 is 11.3 Å². The summed E-state index contributed by atoms with van der Waals surface area (Å²) >= 11 is 1.37. The van der Waals surface area contributed by atoms with Crippen LogP contribution < -0.4 is 5.32 Å². The first kappa shape index (κ1) is 8.87.